The number of hydrogen-bond donors (Lipinski definition) is 2. The van der Waals surface area contributed by atoms with Crippen molar-refractivity contribution in [3.63, 3.8) is 0 Å². The molecule has 84 valence electrons. The lowest BCUT2D eigenvalue weighted by Gasteiger charge is -2.08. The molecule has 0 radical (unpaired) electrons. The van der Waals surface area contributed by atoms with Gasteiger partial charge in [-0.25, -0.2) is 0 Å². The summed E-state index contributed by atoms with van der Waals surface area (Å²) in [4.78, 5) is 12.2. The minimum Gasteiger partial charge on any atom is -0.388 e. The van der Waals surface area contributed by atoms with Crippen molar-refractivity contribution in [1.29, 1.82) is 0 Å². The predicted octanol–water partition coefficient (Wildman–Crippen LogP) is 2.09. The van der Waals surface area contributed by atoms with E-state index >= 15 is 0 Å². The first-order chi connectivity index (χ1) is 7.24. The van der Waals surface area contributed by atoms with E-state index in [1.165, 1.54) is 11.3 Å². The summed E-state index contributed by atoms with van der Waals surface area (Å²) >= 11 is 1.52. The summed E-state index contributed by atoms with van der Waals surface area (Å²) in [6.07, 6.45) is 1.33. The van der Waals surface area contributed by atoms with Crippen molar-refractivity contribution in [2.45, 2.75) is 32.3 Å². The highest BCUT2D eigenvalue weighted by Crippen LogP contribution is 2.22. The Morgan fingerprint density at radius 1 is 1.67 bits per heavy atom. The molecule has 3 nitrogen and oxygen atoms in total. The molecule has 1 aromatic heterocycles. The molecule has 1 heterocycles. The molecule has 0 saturated carbocycles. The van der Waals surface area contributed by atoms with Crippen LogP contribution in [-0.2, 0) is 4.79 Å². The highest BCUT2D eigenvalue weighted by Gasteiger charge is 2.10. The van der Waals surface area contributed by atoms with Crippen molar-refractivity contribution >= 4 is 17.2 Å². The second-order valence-corrected chi connectivity index (χ2v) is 4.40. The summed E-state index contributed by atoms with van der Waals surface area (Å²) < 4.78 is 0. The molecule has 0 aliphatic carbocycles. The third-order valence-corrected chi connectivity index (χ3v) is 3.06. The van der Waals surface area contributed by atoms with Crippen LogP contribution in [0.2, 0.25) is 0 Å². The fourth-order valence-electron chi connectivity index (χ4n) is 1.24. The molecule has 1 aromatic rings. The van der Waals surface area contributed by atoms with Gasteiger partial charge in [0.1, 0.15) is 0 Å². The van der Waals surface area contributed by atoms with Gasteiger partial charge in [-0.1, -0.05) is 13.0 Å². The van der Waals surface area contributed by atoms with E-state index in [-0.39, 0.29) is 5.91 Å². The number of amides is 1. The SMILES string of the molecule is CCCNC(=O)CCC(O)c1cccs1. The molecule has 1 atom stereocenters. The number of hydrogen-bond acceptors (Lipinski definition) is 3. The van der Waals surface area contributed by atoms with Gasteiger partial charge >= 0.3 is 0 Å². The van der Waals surface area contributed by atoms with E-state index in [2.05, 4.69) is 5.32 Å². The van der Waals surface area contributed by atoms with E-state index in [9.17, 15) is 9.90 Å². The van der Waals surface area contributed by atoms with Gasteiger partial charge in [0.25, 0.3) is 0 Å². The quantitative estimate of drug-likeness (QED) is 0.781. The summed E-state index contributed by atoms with van der Waals surface area (Å²) in [6, 6.07) is 3.79. The van der Waals surface area contributed by atoms with E-state index in [0.717, 1.165) is 11.3 Å². The fraction of sp³-hybridized carbons (Fsp3) is 0.545. The van der Waals surface area contributed by atoms with Crippen LogP contribution in [0.4, 0.5) is 0 Å². The summed E-state index contributed by atoms with van der Waals surface area (Å²) in [5, 5.41) is 14.4. The summed E-state index contributed by atoms with van der Waals surface area (Å²) in [6.45, 7) is 2.73. The van der Waals surface area contributed by atoms with Crippen molar-refractivity contribution in [2.75, 3.05) is 6.54 Å². The predicted molar refractivity (Wildman–Crippen MR) is 61.8 cm³/mol. The molecule has 0 aliphatic rings. The van der Waals surface area contributed by atoms with Gasteiger partial charge in [0.15, 0.2) is 0 Å². The van der Waals surface area contributed by atoms with Crippen LogP contribution in [0.25, 0.3) is 0 Å². The van der Waals surface area contributed by atoms with Crippen LogP contribution in [0.3, 0.4) is 0 Å². The Bertz CT molecular complexity index is 285. The van der Waals surface area contributed by atoms with Crippen molar-refractivity contribution < 1.29 is 9.90 Å². The minimum atomic E-state index is -0.502. The minimum absolute atomic E-state index is 0.0208. The highest BCUT2D eigenvalue weighted by molar-refractivity contribution is 7.10. The normalized spacial score (nSPS) is 12.4. The van der Waals surface area contributed by atoms with Crippen molar-refractivity contribution in [3.8, 4) is 0 Å². The van der Waals surface area contributed by atoms with Crippen LogP contribution >= 0.6 is 11.3 Å². The van der Waals surface area contributed by atoms with Crippen LogP contribution in [0, 0.1) is 0 Å². The molecule has 0 aliphatic heterocycles. The van der Waals surface area contributed by atoms with Crippen molar-refractivity contribution in [3.05, 3.63) is 22.4 Å². The molecule has 1 amide bonds. The zero-order valence-electron chi connectivity index (χ0n) is 8.90. The molecule has 4 heteroatoms. The van der Waals surface area contributed by atoms with Crippen molar-refractivity contribution in [1.82, 2.24) is 5.32 Å². The lowest BCUT2D eigenvalue weighted by Crippen LogP contribution is -2.24. The number of aliphatic hydroxyl groups excluding tert-OH is 1. The van der Waals surface area contributed by atoms with E-state index in [0.29, 0.717) is 19.4 Å². The number of carbonyl (C=O) groups excluding carboxylic acids is 1. The van der Waals surface area contributed by atoms with Crippen LogP contribution in [0.1, 0.15) is 37.2 Å². The van der Waals surface area contributed by atoms with Gasteiger partial charge in [-0.15, -0.1) is 11.3 Å². The van der Waals surface area contributed by atoms with Crippen LogP contribution < -0.4 is 5.32 Å². The van der Waals surface area contributed by atoms with Crippen LogP contribution in [-0.4, -0.2) is 17.6 Å². The number of nitrogens with one attached hydrogen (secondary N) is 1. The van der Waals surface area contributed by atoms with Gasteiger partial charge in [0.05, 0.1) is 6.10 Å². The average Bonchev–Trinajstić information content (AvgIpc) is 2.76. The topological polar surface area (TPSA) is 49.3 Å². The number of aliphatic hydroxyl groups is 1. The molecule has 0 spiro atoms. The van der Waals surface area contributed by atoms with Crippen LogP contribution in [0.5, 0.6) is 0 Å². The smallest absolute Gasteiger partial charge is 0.220 e. The van der Waals surface area contributed by atoms with E-state index in [1.807, 2.05) is 24.4 Å². The molecule has 0 saturated heterocycles. The lowest BCUT2D eigenvalue weighted by molar-refractivity contribution is -0.121. The fourth-order valence-corrected chi connectivity index (χ4v) is 1.99. The van der Waals surface area contributed by atoms with Crippen LogP contribution in [0.15, 0.2) is 17.5 Å². The monoisotopic (exact) mass is 227 g/mol. The van der Waals surface area contributed by atoms with Gasteiger partial charge in [0, 0.05) is 17.8 Å². The molecular formula is C11H17NO2S. The Morgan fingerprint density at radius 3 is 3.07 bits per heavy atom. The largest absolute Gasteiger partial charge is 0.388 e. The molecule has 0 aromatic carbocycles. The Morgan fingerprint density at radius 2 is 2.47 bits per heavy atom. The highest BCUT2D eigenvalue weighted by atomic mass is 32.1. The molecule has 1 unspecified atom stereocenters. The van der Waals surface area contributed by atoms with Gasteiger partial charge in [-0.2, -0.15) is 0 Å². The average molecular weight is 227 g/mol. The third kappa shape index (κ3) is 4.44. The lowest BCUT2D eigenvalue weighted by atomic mass is 10.1. The van der Waals surface area contributed by atoms with E-state index in [4.69, 9.17) is 0 Å². The first-order valence-corrected chi connectivity index (χ1v) is 6.10. The van der Waals surface area contributed by atoms with Gasteiger partial charge < -0.3 is 10.4 Å². The standard InChI is InChI=1S/C11H17NO2S/c1-2-7-12-11(14)6-5-9(13)10-4-3-8-15-10/h3-4,8-9,13H,2,5-7H2,1H3,(H,12,14). The molecule has 0 bridgehead atoms. The first-order valence-electron chi connectivity index (χ1n) is 5.22. The Kier molecular flexibility index (Phi) is 5.36. The molecule has 0 fully saturated rings. The van der Waals surface area contributed by atoms with Gasteiger partial charge in [-0.05, 0) is 24.3 Å². The first kappa shape index (κ1) is 12.2. The maximum Gasteiger partial charge on any atom is 0.220 e. The van der Waals surface area contributed by atoms with Crippen molar-refractivity contribution in [2.24, 2.45) is 0 Å². The molecule has 1 rings (SSSR count). The van der Waals surface area contributed by atoms with Gasteiger partial charge in [-0.3, -0.25) is 4.79 Å². The summed E-state index contributed by atoms with van der Waals surface area (Å²) in [5.41, 5.74) is 0. The van der Waals surface area contributed by atoms with E-state index in [1.54, 1.807) is 0 Å². The maximum absolute atomic E-state index is 11.3. The molecular weight excluding hydrogens is 210 g/mol. The second-order valence-electron chi connectivity index (χ2n) is 3.42. The number of thiophene rings is 1. The number of carbonyl (C=O) groups is 1. The Labute approximate surface area is 94.1 Å². The maximum atomic E-state index is 11.3. The second kappa shape index (κ2) is 6.58. The Hall–Kier alpha value is -0.870. The molecule has 15 heavy (non-hydrogen) atoms. The van der Waals surface area contributed by atoms with Gasteiger partial charge in [0.2, 0.25) is 5.91 Å². The zero-order valence-corrected chi connectivity index (χ0v) is 9.72. The summed E-state index contributed by atoms with van der Waals surface area (Å²) in [5.74, 6) is 0.0208. The third-order valence-electron chi connectivity index (χ3n) is 2.09. The Balaban J connectivity index is 2.22. The molecule has 2 N–H and O–H groups in total. The van der Waals surface area contributed by atoms with E-state index < -0.39 is 6.10 Å². The zero-order chi connectivity index (χ0) is 11.1. The number of rotatable bonds is 6. The summed E-state index contributed by atoms with van der Waals surface area (Å²) in [7, 11) is 0.